The van der Waals surface area contributed by atoms with Crippen LogP contribution in [0.2, 0.25) is 0 Å². The first-order valence-corrected chi connectivity index (χ1v) is 8.46. The van der Waals surface area contributed by atoms with Crippen molar-refractivity contribution in [1.29, 1.82) is 0 Å². The minimum absolute atomic E-state index is 0.439. The molecule has 2 heterocycles. The van der Waals surface area contributed by atoms with Crippen molar-refractivity contribution in [3.63, 3.8) is 0 Å². The highest BCUT2D eigenvalue weighted by Gasteiger charge is 2.06. The first-order chi connectivity index (χ1) is 10.6. The molecule has 0 fully saturated rings. The van der Waals surface area contributed by atoms with E-state index in [2.05, 4.69) is 46.6 Å². The smallest absolute Gasteiger partial charge is 0.216 e. The number of thiophene rings is 1. The van der Waals surface area contributed by atoms with Gasteiger partial charge in [-0.15, -0.1) is 11.3 Å². The van der Waals surface area contributed by atoms with E-state index in [0.29, 0.717) is 12.4 Å². The number of nitrogens with one attached hydrogen (secondary N) is 2. The van der Waals surface area contributed by atoms with E-state index in [9.17, 15) is 0 Å². The van der Waals surface area contributed by atoms with Crippen molar-refractivity contribution in [2.75, 3.05) is 6.54 Å². The Labute approximate surface area is 135 Å². The van der Waals surface area contributed by atoms with Crippen LogP contribution in [-0.2, 0) is 19.5 Å². The number of hydrogen-bond acceptors (Lipinski definition) is 4. The molecular weight excluding hydrogens is 296 g/mol. The van der Waals surface area contributed by atoms with Crippen LogP contribution in [-0.4, -0.2) is 17.5 Å². The molecule has 6 heteroatoms. The maximum atomic E-state index is 5.55. The SMILES string of the molecule is CCNC(=NCc1nc(C)c(C)o1)NCc1ccc(CC)s1. The number of hydrogen-bond donors (Lipinski definition) is 2. The molecule has 0 radical (unpaired) electrons. The van der Waals surface area contributed by atoms with Gasteiger partial charge in [-0.2, -0.15) is 0 Å². The molecule has 2 rings (SSSR count). The monoisotopic (exact) mass is 320 g/mol. The maximum absolute atomic E-state index is 5.55. The highest BCUT2D eigenvalue weighted by atomic mass is 32.1. The van der Waals surface area contributed by atoms with E-state index in [0.717, 1.165) is 36.9 Å². The summed E-state index contributed by atoms with van der Waals surface area (Å²) >= 11 is 1.84. The number of rotatable bonds is 6. The summed E-state index contributed by atoms with van der Waals surface area (Å²) in [7, 11) is 0. The molecule has 0 bridgehead atoms. The number of aliphatic imine (C=N–C) groups is 1. The third-order valence-electron chi connectivity index (χ3n) is 3.29. The van der Waals surface area contributed by atoms with E-state index in [-0.39, 0.29) is 0 Å². The molecule has 5 nitrogen and oxygen atoms in total. The van der Waals surface area contributed by atoms with E-state index in [1.807, 2.05) is 25.2 Å². The largest absolute Gasteiger partial charge is 0.444 e. The standard InChI is InChI=1S/C16H24N4OS/c1-5-13-7-8-14(22-13)9-18-16(17-6-2)19-10-15-20-11(3)12(4)21-15/h7-8H,5-6,9-10H2,1-4H3,(H2,17,18,19). The van der Waals surface area contributed by atoms with Crippen LogP contribution in [0.25, 0.3) is 0 Å². The van der Waals surface area contributed by atoms with Crippen molar-refractivity contribution in [3.05, 3.63) is 39.2 Å². The summed E-state index contributed by atoms with van der Waals surface area (Å²) in [5.74, 6) is 2.29. The molecule has 0 saturated heterocycles. The van der Waals surface area contributed by atoms with Gasteiger partial charge in [0.2, 0.25) is 5.89 Å². The van der Waals surface area contributed by atoms with Gasteiger partial charge < -0.3 is 15.1 Å². The molecule has 22 heavy (non-hydrogen) atoms. The fourth-order valence-corrected chi connectivity index (χ4v) is 2.87. The Kier molecular flexibility index (Phi) is 6.00. The molecule has 2 aromatic rings. The van der Waals surface area contributed by atoms with Gasteiger partial charge >= 0.3 is 0 Å². The zero-order valence-corrected chi connectivity index (χ0v) is 14.5. The average molecular weight is 320 g/mol. The van der Waals surface area contributed by atoms with Crippen molar-refractivity contribution in [3.8, 4) is 0 Å². The van der Waals surface area contributed by atoms with Crippen LogP contribution in [0.5, 0.6) is 0 Å². The zero-order valence-electron chi connectivity index (χ0n) is 13.7. The van der Waals surface area contributed by atoms with Gasteiger partial charge in [-0.3, -0.25) is 0 Å². The van der Waals surface area contributed by atoms with Crippen molar-refractivity contribution < 1.29 is 4.42 Å². The molecule has 0 atom stereocenters. The Morgan fingerprint density at radius 3 is 2.59 bits per heavy atom. The number of aryl methyl sites for hydroxylation is 3. The molecule has 120 valence electrons. The highest BCUT2D eigenvalue weighted by molar-refractivity contribution is 7.11. The third kappa shape index (κ3) is 4.59. The quantitative estimate of drug-likeness (QED) is 0.634. The minimum Gasteiger partial charge on any atom is -0.444 e. The van der Waals surface area contributed by atoms with Crippen molar-refractivity contribution in [2.45, 2.75) is 47.2 Å². The highest BCUT2D eigenvalue weighted by Crippen LogP contribution is 2.16. The molecular formula is C16H24N4OS. The maximum Gasteiger partial charge on any atom is 0.216 e. The predicted molar refractivity (Wildman–Crippen MR) is 91.3 cm³/mol. The molecule has 0 amide bonds. The fourth-order valence-electron chi connectivity index (χ4n) is 1.97. The summed E-state index contributed by atoms with van der Waals surface area (Å²) in [6.45, 7) is 10.1. The van der Waals surface area contributed by atoms with Crippen molar-refractivity contribution in [2.24, 2.45) is 4.99 Å². The molecule has 0 spiro atoms. The average Bonchev–Trinajstić information content (AvgIpc) is 3.09. The van der Waals surface area contributed by atoms with Crippen LogP contribution in [0.1, 0.15) is 40.9 Å². The second kappa shape index (κ2) is 7.98. The molecule has 2 aromatic heterocycles. The van der Waals surface area contributed by atoms with Gasteiger partial charge in [0.1, 0.15) is 12.3 Å². The van der Waals surface area contributed by atoms with E-state index in [1.165, 1.54) is 9.75 Å². The lowest BCUT2D eigenvalue weighted by Gasteiger charge is -2.09. The van der Waals surface area contributed by atoms with Gasteiger partial charge in [-0.05, 0) is 39.3 Å². The summed E-state index contributed by atoms with van der Waals surface area (Å²) in [6.07, 6.45) is 1.09. The minimum atomic E-state index is 0.439. The first-order valence-electron chi connectivity index (χ1n) is 7.65. The van der Waals surface area contributed by atoms with Gasteiger partial charge in [0.05, 0.1) is 12.2 Å². The van der Waals surface area contributed by atoms with Gasteiger partial charge in [0, 0.05) is 16.3 Å². The van der Waals surface area contributed by atoms with Crippen LogP contribution >= 0.6 is 11.3 Å². The van der Waals surface area contributed by atoms with Crippen LogP contribution < -0.4 is 10.6 Å². The predicted octanol–water partition coefficient (Wildman–Crippen LogP) is 3.17. The van der Waals surface area contributed by atoms with Gasteiger partial charge in [0.25, 0.3) is 0 Å². The van der Waals surface area contributed by atoms with E-state index >= 15 is 0 Å². The van der Waals surface area contributed by atoms with Crippen LogP contribution in [0.4, 0.5) is 0 Å². The Balaban J connectivity index is 1.94. The Bertz CT molecular complexity index is 610. The van der Waals surface area contributed by atoms with Crippen LogP contribution in [0.3, 0.4) is 0 Å². The Hall–Kier alpha value is -1.82. The normalized spacial score (nSPS) is 11.7. The van der Waals surface area contributed by atoms with E-state index < -0.39 is 0 Å². The number of aromatic nitrogens is 1. The molecule has 0 saturated carbocycles. The van der Waals surface area contributed by atoms with Gasteiger partial charge in [-0.25, -0.2) is 9.98 Å². The molecule has 0 aromatic carbocycles. The third-order valence-corrected chi connectivity index (χ3v) is 4.51. The molecule has 0 aliphatic rings. The van der Waals surface area contributed by atoms with Crippen LogP contribution in [0.15, 0.2) is 21.5 Å². The van der Waals surface area contributed by atoms with Gasteiger partial charge in [0.15, 0.2) is 5.96 Å². The van der Waals surface area contributed by atoms with E-state index in [1.54, 1.807) is 0 Å². The summed E-state index contributed by atoms with van der Waals surface area (Å²) in [5, 5.41) is 6.59. The second-order valence-corrected chi connectivity index (χ2v) is 6.27. The molecule has 0 aliphatic heterocycles. The van der Waals surface area contributed by atoms with Gasteiger partial charge in [-0.1, -0.05) is 6.92 Å². The lowest BCUT2D eigenvalue weighted by Crippen LogP contribution is -2.36. The summed E-state index contributed by atoms with van der Waals surface area (Å²) in [5.41, 5.74) is 0.925. The zero-order chi connectivity index (χ0) is 15.9. The molecule has 0 aliphatic carbocycles. The Morgan fingerprint density at radius 1 is 1.23 bits per heavy atom. The van der Waals surface area contributed by atoms with E-state index in [4.69, 9.17) is 4.42 Å². The first kappa shape index (κ1) is 16.5. The lowest BCUT2D eigenvalue weighted by molar-refractivity contribution is 0.473. The second-order valence-electron chi connectivity index (χ2n) is 5.02. The number of guanidine groups is 1. The summed E-state index contributed by atoms with van der Waals surface area (Å²) < 4.78 is 5.55. The Morgan fingerprint density at radius 2 is 2.00 bits per heavy atom. The lowest BCUT2D eigenvalue weighted by atomic mass is 10.4. The molecule has 0 unspecified atom stereocenters. The van der Waals surface area contributed by atoms with Crippen molar-refractivity contribution in [1.82, 2.24) is 15.6 Å². The van der Waals surface area contributed by atoms with Crippen LogP contribution in [0, 0.1) is 13.8 Å². The van der Waals surface area contributed by atoms with Crippen molar-refractivity contribution >= 4 is 17.3 Å². The topological polar surface area (TPSA) is 62.5 Å². The summed E-state index contributed by atoms with van der Waals surface area (Å²) in [4.78, 5) is 11.6. The fraction of sp³-hybridized carbons (Fsp3) is 0.500. The number of nitrogens with zero attached hydrogens (tertiary/aromatic N) is 2. The summed E-state index contributed by atoms with van der Waals surface area (Å²) in [6, 6.07) is 4.35. The molecule has 2 N–H and O–H groups in total. The number of oxazole rings is 1.